The highest BCUT2D eigenvalue weighted by Gasteiger charge is 2.24. The molecule has 132 valence electrons. The normalized spacial score (nSPS) is 14.5. The van der Waals surface area contributed by atoms with Crippen LogP contribution in [0.4, 0.5) is 23.1 Å². The Morgan fingerprint density at radius 2 is 1.84 bits per heavy atom. The van der Waals surface area contributed by atoms with Crippen molar-refractivity contribution in [2.24, 2.45) is 0 Å². The van der Waals surface area contributed by atoms with Crippen molar-refractivity contribution < 1.29 is 4.92 Å². The second kappa shape index (κ2) is 7.22. The molecule has 1 saturated heterocycles. The third-order valence-electron chi connectivity index (χ3n) is 4.11. The van der Waals surface area contributed by atoms with E-state index in [-0.39, 0.29) is 10.6 Å². The number of aromatic nitrogens is 2. The first kappa shape index (κ1) is 17.4. The number of nitrogens with zero attached hydrogens (tertiary/aromatic N) is 6. The number of benzene rings is 1. The van der Waals surface area contributed by atoms with E-state index in [1.54, 1.807) is 18.3 Å². The van der Waals surface area contributed by atoms with Crippen molar-refractivity contribution in [2.45, 2.75) is 0 Å². The Balaban J connectivity index is 1.75. The summed E-state index contributed by atoms with van der Waals surface area (Å²) in [5.74, 6) is 1.55. The highest BCUT2D eigenvalue weighted by molar-refractivity contribution is 9.10. The van der Waals surface area contributed by atoms with Crippen LogP contribution in [0.2, 0.25) is 0 Å². The van der Waals surface area contributed by atoms with Crippen LogP contribution in [-0.4, -0.2) is 55.2 Å². The van der Waals surface area contributed by atoms with Gasteiger partial charge in [-0.05, 0) is 18.2 Å². The van der Waals surface area contributed by atoms with Crippen molar-refractivity contribution in [3.63, 3.8) is 0 Å². The van der Waals surface area contributed by atoms with Gasteiger partial charge in [-0.25, -0.2) is 4.98 Å². The molecule has 0 N–H and O–H groups in total. The van der Waals surface area contributed by atoms with Gasteiger partial charge >= 0.3 is 0 Å². The van der Waals surface area contributed by atoms with Crippen molar-refractivity contribution in [3.05, 3.63) is 45.0 Å². The molecule has 1 fully saturated rings. The number of hydrogen-bond donors (Lipinski definition) is 0. The summed E-state index contributed by atoms with van der Waals surface area (Å²) >= 11 is 3.40. The fourth-order valence-corrected chi connectivity index (χ4v) is 3.16. The lowest BCUT2D eigenvalue weighted by Gasteiger charge is -2.36. The summed E-state index contributed by atoms with van der Waals surface area (Å²) < 4.78 is 0.835. The molecule has 2 heterocycles. The van der Waals surface area contributed by atoms with Crippen molar-refractivity contribution >= 4 is 39.1 Å². The molecule has 0 bridgehead atoms. The zero-order chi connectivity index (χ0) is 18.0. The van der Waals surface area contributed by atoms with E-state index in [0.29, 0.717) is 24.7 Å². The van der Waals surface area contributed by atoms with Gasteiger partial charge in [0.05, 0.1) is 4.92 Å². The Morgan fingerprint density at radius 1 is 1.16 bits per heavy atom. The number of rotatable bonds is 4. The van der Waals surface area contributed by atoms with Crippen molar-refractivity contribution in [3.8, 4) is 0 Å². The minimum Gasteiger partial charge on any atom is -0.362 e. The van der Waals surface area contributed by atoms with Gasteiger partial charge in [0.1, 0.15) is 11.5 Å². The Bertz CT molecular complexity index is 777. The summed E-state index contributed by atoms with van der Waals surface area (Å²) in [5.41, 5.74) is 0.782. The second-order valence-electron chi connectivity index (χ2n) is 5.97. The van der Waals surface area contributed by atoms with Crippen molar-refractivity contribution in [1.82, 2.24) is 9.97 Å². The van der Waals surface area contributed by atoms with E-state index >= 15 is 0 Å². The van der Waals surface area contributed by atoms with Crippen LogP contribution in [0.15, 0.2) is 34.9 Å². The Labute approximate surface area is 154 Å². The highest BCUT2D eigenvalue weighted by atomic mass is 79.9. The third kappa shape index (κ3) is 3.81. The number of nitro benzene ring substituents is 1. The quantitative estimate of drug-likeness (QED) is 0.569. The van der Waals surface area contributed by atoms with E-state index in [1.807, 2.05) is 36.0 Å². The monoisotopic (exact) mass is 406 g/mol. The minimum atomic E-state index is -0.331. The van der Waals surface area contributed by atoms with E-state index < -0.39 is 0 Å². The third-order valence-corrected chi connectivity index (χ3v) is 4.60. The van der Waals surface area contributed by atoms with Gasteiger partial charge in [0.25, 0.3) is 5.69 Å². The first-order valence-electron chi connectivity index (χ1n) is 7.90. The molecule has 1 aliphatic rings. The molecule has 0 spiro atoms. The molecule has 1 aromatic heterocycles. The van der Waals surface area contributed by atoms with E-state index in [1.165, 1.54) is 0 Å². The molecule has 25 heavy (non-hydrogen) atoms. The predicted molar refractivity (Wildman–Crippen MR) is 102 cm³/mol. The maximum absolute atomic E-state index is 11.3. The largest absolute Gasteiger partial charge is 0.362 e. The van der Waals surface area contributed by atoms with Gasteiger partial charge in [0.15, 0.2) is 0 Å². The number of hydrogen-bond acceptors (Lipinski definition) is 7. The van der Waals surface area contributed by atoms with E-state index in [4.69, 9.17) is 0 Å². The Hall–Kier alpha value is -2.42. The van der Waals surface area contributed by atoms with Gasteiger partial charge in [-0.15, -0.1) is 0 Å². The zero-order valence-electron chi connectivity index (χ0n) is 14.1. The summed E-state index contributed by atoms with van der Waals surface area (Å²) in [6.45, 7) is 2.87. The fraction of sp³-hybridized carbons (Fsp3) is 0.375. The average Bonchev–Trinajstić information content (AvgIpc) is 2.61. The molecule has 2 aromatic rings. The maximum atomic E-state index is 11.3. The van der Waals surface area contributed by atoms with E-state index in [9.17, 15) is 10.1 Å². The average molecular weight is 407 g/mol. The number of piperazine rings is 1. The molecule has 0 atom stereocenters. The predicted octanol–water partition coefficient (Wildman–Crippen LogP) is 2.54. The molecule has 0 saturated carbocycles. The van der Waals surface area contributed by atoms with Crippen LogP contribution in [0.25, 0.3) is 0 Å². The smallest absolute Gasteiger partial charge is 0.292 e. The van der Waals surface area contributed by atoms with Gasteiger partial charge in [-0.1, -0.05) is 15.9 Å². The minimum absolute atomic E-state index is 0.133. The topological polar surface area (TPSA) is 78.6 Å². The molecule has 8 nitrogen and oxygen atoms in total. The molecule has 1 aromatic carbocycles. The Morgan fingerprint density at radius 3 is 2.48 bits per heavy atom. The van der Waals surface area contributed by atoms with Gasteiger partial charge < -0.3 is 14.7 Å². The van der Waals surface area contributed by atoms with Crippen LogP contribution < -0.4 is 14.7 Å². The molecule has 3 rings (SSSR count). The van der Waals surface area contributed by atoms with Crippen molar-refractivity contribution in [2.75, 3.05) is 55.0 Å². The summed E-state index contributed by atoms with van der Waals surface area (Å²) in [4.78, 5) is 25.8. The molecular weight excluding hydrogens is 388 g/mol. The molecule has 0 unspecified atom stereocenters. The molecular formula is C16H19BrN6O2. The zero-order valence-corrected chi connectivity index (χ0v) is 15.7. The molecule has 1 aliphatic heterocycles. The van der Waals surface area contributed by atoms with Gasteiger partial charge in [-0.3, -0.25) is 10.1 Å². The van der Waals surface area contributed by atoms with Gasteiger partial charge in [0, 0.05) is 57.0 Å². The highest BCUT2D eigenvalue weighted by Crippen LogP contribution is 2.32. The van der Waals surface area contributed by atoms with Crippen LogP contribution in [0.1, 0.15) is 0 Å². The lowest BCUT2D eigenvalue weighted by Crippen LogP contribution is -2.47. The SMILES string of the molecule is CN(C)c1nccc(N2CCN(c3cc(Br)ccc3[N+](=O)[O-])CC2)n1. The molecule has 0 aliphatic carbocycles. The standard InChI is InChI=1S/C16H19BrN6O2/c1-20(2)16-18-6-5-15(19-16)22-9-7-21(8-10-22)14-11-12(17)3-4-13(14)23(24)25/h3-6,11H,7-10H2,1-2H3. The van der Waals surface area contributed by atoms with Crippen molar-refractivity contribution in [1.29, 1.82) is 0 Å². The number of halogens is 1. The van der Waals surface area contributed by atoms with Gasteiger partial charge in [0.2, 0.25) is 5.95 Å². The van der Waals surface area contributed by atoms with Crippen LogP contribution in [-0.2, 0) is 0 Å². The Kier molecular flexibility index (Phi) is 5.03. The summed E-state index contributed by atoms with van der Waals surface area (Å²) in [6, 6.07) is 6.94. The molecule has 0 radical (unpaired) electrons. The number of anilines is 3. The fourth-order valence-electron chi connectivity index (χ4n) is 2.81. The maximum Gasteiger partial charge on any atom is 0.292 e. The second-order valence-corrected chi connectivity index (χ2v) is 6.89. The summed E-state index contributed by atoms with van der Waals surface area (Å²) in [7, 11) is 3.81. The van der Waals surface area contributed by atoms with Crippen LogP contribution in [0, 0.1) is 10.1 Å². The van der Waals surface area contributed by atoms with Crippen LogP contribution >= 0.6 is 15.9 Å². The lowest BCUT2D eigenvalue weighted by molar-refractivity contribution is -0.384. The molecule has 0 amide bonds. The summed E-state index contributed by atoms with van der Waals surface area (Å²) in [6.07, 6.45) is 1.75. The van der Waals surface area contributed by atoms with Crippen LogP contribution in [0.5, 0.6) is 0 Å². The van der Waals surface area contributed by atoms with E-state index in [0.717, 1.165) is 23.4 Å². The van der Waals surface area contributed by atoms with Crippen LogP contribution in [0.3, 0.4) is 0 Å². The lowest BCUT2D eigenvalue weighted by atomic mass is 10.2. The summed E-state index contributed by atoms with van der Waals surface area (Å²) in [5, 5.41) is 11.3. The number of nitro groups is 1. The first-order chi connectivity index (χ1) is 12.0. The van der Waals surface area contributed by atoms with Gasteiger partial charge in [-0.2, -0.15) is 4.98 Å². The first-order valence-corrected chi connectivity index (χ1v) is 8.69. The van der Waals surface area contributed by atoms with E-state index in [2.05, 4.69) is 30.8 Å². The molecule has 9 heteroatoms.